The van der Waals surface area contributed by atoms with E-state index in [1.807, 2.05) is 24.1 Å². The van der Waals surface area contributed by atoms with Gasteiger partial charge in [-0.3, -0.25) is 9.48 Å². The third-order valence-electron chi connectivity index (χ3n) is 4.11. The minimum absolute atomic E-state index is 0. The summed E-state index contributed by atoms with van der Waals surface area (Å²) in [7, 11) is 0. The highest BCUT2D eigenvalue weighted by Gasteiger charge is 2.32. The van der Waals surface area contributed by atoms with Crippen molar-refractivity contribution in [2.24, 2.45) is 0 Å². The van der Waals surface area contributed by atoms with E-state index in [0.29, 0.717) is 12.1 Å². The molecule has 1 amide bonds. The van der Waals surface area contributed by atoms with Gasteiger partial charge in [-0.05, 0) is 32.3 Å². The summed E-state index contributed by atoms with van der Waals surface area (Å²) in [5.74, 6) is 0.188. The van der Waals surface area contributed by atoms with Crippen molar-refractivity contribution in [1.82, 2.24) is 20.0 Å². The number of hydrogen-bond donors (Lipinski definition) is 1. The lowest BCUT2D eigenvalue weighted by atomic mass is 10.1. The van der Waals surface area contributed by atoms with Crippen molar-refractivity contribution in [1.29, 1.82) is 0 Å². The van der Waals surface area contributed by atoms with E-state index in [9.17, 15) is 4.79 Å². The predicted molar refractivity (Wildman–Crippen MR) is 82.6 cm³/mol. The average molecular weight is 321 g/mol. The summed E-state index contributed by atoms with van der Waals surface area (Å²) in [6, 6.07) is 2.77. The summed E-state index contributed by atoms with van der Waals surface area (Å²) < 4.78 is 1.74. The highest BCUT2D eigenvalue weighted by Crippen LogP contribution is 2.22. The smallest absolute Gasteiger partial charge is 0.247 e. The molecule has 3 atom stereocenters. The summed E-state index contributed by atoms with van der Waals surface area (Å²) in [6.07, 6.45) is 7.11. The van der Waals surface area contributed by atoms with Gasteiger partial charge in [0.05, 0.1) is 0 Å². The SMILES string of the molecule is CC(C(=O)N1CCC2CCC(C1)N2)n1cccn1.Cl.Cl. The standard InChI is InChI=1S/C13H20N4O.2ClH/c1-10(17-7-2-6-14-17)13(18)16-8-5-11-3-4-12(9-16)15-11;;/h2,6-7,10-12,15H,3-5,8-9H2,1H3;2*1H. The van der Waals surface area contributed by atoms with Crippen LogP contribution in [0.1, 0.15) is 32.2 Å². The monoisotopic (exact) mass is 320 g/mol. The Labute approximate surface area is 131 Å². The molecule has 0 aromatic carbocycles. The molecule has 20 heavy (non-hydrogen) atoms. The van der Waals surface area contributed by atoms with Crippen LogP contribution in [0.25, 0.3) is 0 Å². The second-order valence-corrected chi connectivity index (χ2v) is 5.37. The van der Waals surface area contributed by atoms with Gasteiger partial charge < -0.3 is 10.2 Å². The van der Waals surface area contributed by atoms with E-state index in [1.54, 1.807) is 10.9 Å². The first-order chi connectivity index (χ1) is 8.74. The molecule has 5 nitrogen and oxygen atoms in total. The van der Waals surface area contributed by atoms with Crippen LogP contribution in [0.2, 0.25) is 0 Å². The topological polar surface area (TPSA) is 50.2 Å². The van der Waals surface area contributed by atoms with E-state index < -0.39 is 0 Å². The molecule has 1 aromatic rings. The number of rotatable bonds is 2. The van der Waals surface area contributed by atoms with Crippen molar-refractivity contribution < 1.29 is 4.79 Å². The Morgan fingerprint density at radius 3 is 2.75 bits per heavy atom. The van der Waals surface area contributed by atoms with E-state index >= 15 is 0 Å². The lowest BCUT2D eigenvalue weighted by molar-refractivity contribution is -0.134. The van der Waals surface area contributed by atoms with Gasteiger partial charge in [0, 0.05) is 37.6 Å². The lowest BCUT2D eigenvalue weighted by Gasteiger charge is -2.27. The van der Waals surface area contributed by atoms with Crippen molar-refractivity contribution >= 4 is 30.7 Å². The molecule has 2 aliphatic rings. The second kappa shape index (κ2) is 7.29. The summed E-state index contributed by atoms with van der Waals surface area (Å²) in [6.45, 7) is 3.64. The Balaban J connectivity index is 0.000001000. The lowest BCUT2D eigenvalue weighted by Crippen LogP contribution is -2.42. The van der Waals surface area contributed by atoms with Crippen molar-refractivity contribution in [3.63, 3.8) is 0 Å². The summed E-state index contributed by atoms with van der Waals surface area (Å²) >= 11 is 0. The number of nitrogens with one attached hydrogen (secondary N) is 1. The van der Waals surface area contributed by atoms with Crippen molar-refractivity contribution in [3.05, 3.63) is 18.5 Å². The Morgan fingerprint density at radius 1 is 1.30 bits per heavy atom. The normalized spacial score (nSPS) is 26.1. The molecule has 7 heteroatoms. The maximum atomic E-state index is 12.5. The van der Waals surface area contributed by atoms with E-state index in [1.165, 1.54) is 12.8 Å². The van der Waals surface area contributed by atoms with Gasteiger partial charge in [0.1, 0.15) is 6.04 Å². The Hall–Kier alpha value is -0.780. The Bertz CT molecular complexity index is 426. The van der Waals surface area contributed by atoms with Crippen LogP contribution in [0.5, 0.6) is 0 Å². The molecule has 0 spiro atoms. The van der Waals surface area contributed by atoms with Crippen LogP contribution in [-0.2, 0) is 4.79 Å². The molecule has 2 aliphatic heterocycles. The molecule has 0 aliphatic carbocycles. The Kier molecular flexibility index (Phi) is 6.30. The molecule has 3 rings (SSSR count). The number of aromatic nitrogens is 2. The molecule has 1 N–H and O–H groups in total. The number of carbonyl (C=O) groups is 1. The van der Waals surface area contributed by atoms with Gasteiger partial charge in [0.2, 0.25) is 5.91 Å². The van der Waals surface area contributed by atoms with Gasteiger partial charge >= 0.3 is 0 Å². The Morgan fingerprint density at radius 2 is 2.05 bits per heavy atom. The quantitative estimate of drug-likeness (QED) is 0.901. The molecule has 0 saturated carbocycles. The van der Waals surface area contributed by atoms with Crippen molar-refractivity contribution in [3.8, 4) is 0 Å². The van der Waals surface area contributed by atoms with Crippen LogP contribution in [0, 0.1) is 0 Å². The second-order valence-electron chi connectivity index (χ2n) is 5.37. The van der Waals surface area contributed by atoms with E-state index in [-0.39, 0.29) is 36.8 Å². The maximum Gasteiger partial charge on any atom is 0.247 e. The summed E-state index contributed by atoms with van der Waals surface area (Å²) in [5.41, 5.74) is 0. The van der Waals surface area contributed by atoms with Crippen molar-refractivity contribution in [2.45, 2.75) is 44.3 Å². The fourth-order valence-corrected chi connectivity index (χ4v) is 3.03. The minimum atomic E-state index is -0.198. The largest absolute Gasteiger partial charge is 0.339 e. The van der Waals surface area contributed by atoms with Gasteiger partial charge in [-0.25, -0.2) is 0 Å². The van der Waals surface area contributed by atoms with Gasteiger partial charge in [-0.15, -0.1) is 24.8 Å². The van der Waals surface area contributed by atoms with Gasteiger partial charge in [0.25, 0.3) is 0 Å². The van der Waals surface area contributed by atoms with Crippen LogP contribution in [-0.4, -0.2) is 45.8 Å². The van der Waals surface area contributed by atoms with Gasteiger partial charge in [0.15, 0.2) is 0 Å². The van der Waals surface area contributed by atoms with Crippen LogP contribution in [0.3, 0.4) is 0 Å². The number of hydrogen-bond acceptors (Lipinski definition) is 3. The maximum absolute atomic E-state index is 12.5. The fourth-order valence-electron chi connectivity index (χ4n) is 3.03. The minimum Gasteiger partial charge on any atom is -0.339 e. The van der Waals surface area contributed by atoms with Crippen LogP contribution in [0.4, 0.5) is 0 Å². The van der Waals surface area contributed by atoms with Gasteiger partial charge in [-0.2, -0.15) is 5.10 Å². The molecular weight excluding hydrogens is 299 g/mol. The molecule has 2 saturated heterocycles. The van der Waals surface area contributed by atoms with E-state index in [2.05, 4.69) is 10.4 Å². The number of halogens is 2. The number of fused-ring (bicyclic) bond motifs is 2. The number of nitrogens with zero attached hydrogens (tertiary/aromatic N) is 3. The first-order valence-corrected chi connectivity index (χ1v) is 6.78. The fraction of sp³-hybridized carbons (Fsp3) is 0.692. The zero-order valence-corrected chi connectivity index (χ0v) is 13.2. The number of amides is 1. The van der Waals surface area contributed by atoms with Crippen LogP contribution >= 0.6 is 24.8 Å². The molecule has 3 heterocycles. The zero-order chi connectivity index (χ0) is 12.5. The number of likely N-dealkylation sites (tertiary alicyclic amines) is 1. The third kappa shape index (κ3) is 3.45. The summed E-state index contributed by atoms with van der Waals surface area (Å²) in [5, 5.41) is 7.75. The molecule has 114 valence electrons. The highest BCUT2D eigenvalue weighted by molar-refractivity contribution is 5.85. The molecule has 2 fully saturated rings. The first-order valence-electron chi connectivity index (χ1n) is 6.78. The first kappa shape index (κ1) is 17.3. The number of carbonyl (C=O) groups excluding carboxylic acids is 1. The molecule has 0 radical (unpaired) electrons. The highest BCUT2D eigenvalue weighted by atomic mass is 35.5. The van der Waals surface area contributed by atoms with Crippen LogP contribution < -0.4 is 5.32 Å². The van der Waals surface area contributed by atoms with E-state index in [4.69, 9.17) is 0 Å². The summed E-state index contributed by atoms with van der Waals surface area (Å²) in [4.78, 5) is 14.5. The third-order valence-corrected chi connectivity index (χ3v) is 4.11. The van der Waals surface area contributed by atoms with Crippen LogP contribution in [0.15, 0.2) is 18.5 Å². The molecular formula is C13H22Cl2N4O. The van der Waals surface area contributed by atoms with Gasteiger partial charge in [-0.1, -0.05) is 0 Å². The predicted octanol–water partition coefficient (Wildman–Crippen LogP) is 1.64. The zero-order valence-electron chi connectivity index (χ0n) is 11.6. The molecule has 2 bridgehead atoms. The average Bonchev–Trinajstić information content (AvgIpc) is 2.97. The van der Waals surface area contributed by atoms with E-state index in [0.717, 1.165) is 19.5 Å². The molecule has 1 aromatic heterocycles. The molecule has 3 unspecified atom stereocenters. The van der Waals surface area contributed by atoms with Crippen molar-refractivity contribution in [2.75, 3.05) is 13.1 Å².